The van der Waals surface area contributed by atoms with Gasteiger partial charge in [0.15, 0.2) is 0 Å². The molecule has 3 saturated heterocycles. The molecule has 3 aliphatic heterocycles. The molecule has 3 heterocycles. The molecular formula is C34H30Cl2N4O6. The predicted octanol–water partition coefficient (Wildman–Crippen LogP) is 4.33. The minimum Gasteiger partial charge on any atom is -0.335 e. The molecule has 2 aromatic rings. The molecule has 6 amide bonds. The Balaban J connectivity index is 0.949. The Labute approximate surface area is 275 Å². The van der Waals surface area contributed by atoms with E-state index in [1.807, 2.05) is 0 Å². The highest BCUT2D eigenvalue weighted by Gasteiger charge is 2.50. The van der Waals surface area contributed by atoms with Crippen molar-refractivity contribution in [1.29, 1.82) is 0 Å². The maximum atomic E-state index is 13.3. The zero-order valence-electron chi connectivity index (χ0n) is 24.7. The number of hydrogen-bond donors (Lipinski definition) is 0. The number of rotatable bonds is 4. The van der Waals surface area contributed by atoms with Crippen molar-refractivity contribution in [3.63, 3.8) is 0 Å². The van der Waals surface area contributed by atoms with Crippen molar-refractivity contribution in [2.45, 2.75) is 25.7 Å². The van der Waals surface area contributed by atoms with E-state index in [1.165, 1.54) is 9.80 Å². The largest absolute Gasteiger partial charge is 0.335 e. The number of amides is 6. The number of nitrogens with zero attached hydrogens (tertiary/aromatic N) is 4. The Morgan fingerprint density at radius 1 is 0.522 bits per heavy atom. The van der Waals surface area contributed by atoms with E-state index in [9.17, 15) is 28.8 Å². The van der Waals surface area contributed by atoms with Gasteiger partial charge in [-0.15, -0.1) is 0 Å². The Bertz CT molecular complexity index is 1600. The van der Waals surface area contributed by atoms with Gasteiger partial charge >= 0.3 is 0 Å². The molecule has 4 atom stereocenters. The zero-order chi connectivity index (χ0) is 32.3. The highest BCUT2D eigenvalue weighted by atomic mass is 35.5. The van der Waals surface area contributed by atoms with Crippen LogP contribution in [0.25, 0.3) is 0 Å². The molecule has 2 aromatic carbocycles. The lowest BCUT2D eigenvalue weighted by Gasteiger charge is -2.35. The summed E-state index contributed by atoms with van der Waals surface area (Å²) in [5.41, 5.74) is 1.70. The number of halogens is 2. The monoisotopic (exact) mass is 660 g/mol. The molecule has 3 fully saturated rings. The van der Waals surface area contributed by atoms with Crippen LogP contribution >= 0.6 is 23.2 Å². The van der Waals surface area contributed by atoms with Gasteiger partial charge in [0.05, 0.1) is 35.0 Å². The van der Waals surface area contributed by atoms with Crippen molar-refractivity contribution in [3.8, 4) is 0 Å². The number of fused-ring (bicyclic) bond motifs is 2. The quantitative estimate of drug-likeness (QED) is 0.451. The predicted molar refractivity (Wildman–Crippen MR) is 170 cm³/mol. The molecule has 12 heteroatoms. The number of piperazine rings is 1. The lowest BCUT2D eigenvalue weighted by molar-refractivity contribution is -0.124. The summed E-state index contributed by atoms with van der Waals surface area (Å²) in [6, 6.07) is 12.9. The van der Waals surface area contributed by atoms with Crippen LogP contribution in [-0.2, 0) is 19.2 Å². The standard InChI is InChI=1S/C34H30Cl2N4O6/c35-21-5-11-25-27(17-21)33(45)39(31(25)43)23-7-1-19(2-8-23)29(41)37-13-15-38(16-14-37)30(42)20-3-9-24(10-4-20)40-32(44)26-12-6-22(36)18-28(26)34(40)46/h1-10,25-28H,11-18H2/t25-,26+,27-,28-/m0/s1. The first-order valence-corrected chi connectivity index (χ1v) is 16.1. The number of carbonyl (C=O) groups is 6. The number of hydrogen-bond acceptors (Lipinski definition) is 6. The van der Waals surface area contributed by atoms with Gasteiger partial charge in [-0.1, -0.05) is 35.4 Å². The Morgan fingerprint density at radius 2 is 0.848 bits per heavy atom. The lowest BCUT2D eigenvalue weighted by Crippen LogP contribution is -2.50. The lowest BCUT2D eigenvalue weighted by atomic mass is 9.85. The summed E-state index contributed by atoms with van der Waals surface area (Å²) < 4.78 is 0. The van der Waals surface area contributed by atoms with E-state index >= 15 is 0 Å². The summed E-state index contributed by atoms with van der Waals surface area (Å²) >= 11 is 12.2. The molecule has 0 unspecified atom stereocenters. The van der Waals surface area contributed by atoms with Crippen LogP contribution in [-0.4, -0.2) is 71.4 Å². The molecule has 0 spiro atoms. The van der Waals surface area contributed by atoms with Crippen molar-refractivity contribution in [2.75, 3.05) is 36.0 Å². The van der Waals surface area contributed by atoms with E-state index in [-0.39, 0.29) is 35.4 Å². The summed E-state index contributed by atoms with van der Waals surface area (Å²) in [6.45, 7) is 1.34. The number of imide groups is 2. The van der Waals surface area contributed by atoms with Gasteiger partial charge in [-0.25, -0.2) is 0 Å². The van der Waals surface area contributed by atoms with Crippen molar-refractivity contribution in [1.82, 2.24) is 9.80 Å². The van der Waals surface area contributed by atoms with Crippen molar-refractivity contribution >= 4 is 70.0 Å². The number of benzene rings is 2. The fraction of sp³-hybridized carbons (Fsp3) is 0.353. The fourth-order valence-electron chi connectivity index (χ4n) is 7.15. The van der Waals surface area contributed by atoms with Gasteiger partial charge in [0.1, 0.15) is 0 Å². The van der Waals surface area contributed by atoms with E-state index in [2.05, 4.69) is 0 Å². The zero-order valence-corrected chi connectivity index (χ0v) is 26.2. The van der Waals surface area contributed by atoms with Gasteiger partial charge in [-0.05, 0) is 74.2 Å². The van der Waals surface area contributed by atoms with Crippen molar-refractivity contribution < 1.29 is 28.8 Å². The van der Waals surface area contributed by atoms with E-state index in [0.717, 1.165) is 0 Å². The van der Waals surface area contributed by atoms with Crippen LogP contribution in [0.5, 0.6) is 0 Å². The minimum atomic E-state index is -0.455. The Morgan fingerprint density at radius 3 is 1.20 bits per heavy atom. The normalized spacial score (nSPS) is 26.2. The fourth-order valence-corrected chi connectivity index (χ4v) is 7.66. The maximum Gasteiger partial charge on any atom is 0.253 e. The smallest absolute Gasteiger partial charge is 0.253 e. The van der Waals surface area contributed by atoms with Crippen LogP contribution in [0, 0.1) is 23.7 Å². The third-order valence-corrected chi connectivity index (χ3v) is 10.4. The summed E-state index contributed by atoms with van der Waals surface area (Å²) in [7, 11) is 0. The molecule has 5 aliphatic rings. The summed E-state index contributed by atoms with van der Waals surface area (Å²) in [5, 5.41) is 1.19. The molecule has 0 N–H and O–H groups in total. The van der Waals surface area contributed by atoms with Crippen LogP contribution in [0.2, 0.25) is 0 Å². The van der Waals surface area contributed by atoms with Crippen molar-refractivity contribution in [3.05, 3.63) is 81.9 Å². The second kappa shape index (κ2) is 11.8. The average Bonchev–Trinajstić information content (AvgIpc) is 3.47. The Hall–Kier alpha value is -4.28. The second-order valence-corrected chi connectivity index (χ2v) is 13.3. The van der Waals surface area contributed by atoms with Crippen LogP contribution in [0.1, 0.15) is 46.4 Å². The van der Waals surface area contributed by atoms with Gasteiger partial charge < -0.3 is 9.80 Å². The Kier molecular flexibility index (Phi) is 7.81. The summed E-state index contributed by atoms with van der Waals surface area (Å²) in [5.74, 6) is -3.17. The van der Waals surface area contributed by atoms with E-state index < -0.39 is 23.7 Å². The van der Waals surface area contributed by atoms with Gasteiger partial charge in [0, 0.05) is 47.4 Å². The van der Waals surface area contributed by atoms with Crippen LogP contribution < -0.4 is 9.80 Å². The number of carbonyl (C=O) groups excluding carboxylic acids is 6. The first-order chi connectivity index (χ1) is 22.1. The molecule has 236 valence electrons. The van der Waals surface area contributed by atoms with Crippen molar-refractivity contribution in [2.24, 2.45) is 23.7 Å². The van der Waals surface area contributed by atoms with Gasteiger partial charge in [-0.2, -0.15) is 0 Å². The molecule has 0 saturated carbocycles. The third-order valence-electron chi connectivity index (χ3n) is 9.74. The highest BCUT2D eigenvalue weighted by Crippen LogP contribution is 2.42. The first kappa shape index (κ1) is 30.4. The molecule has 46 heavy (non-hydrogen) atoms. The molecular weight excluding hydrogens is 631 g/mol. The highest BCUT2D eigenvalue weighted by molar-refractivity contribution is 6.31. The van der Waals surface area contributed by atoms with Crippen LogP contribution in [0.15, 0.2) is 70.7 Å². The molecule has 0 aromatic heterocycles. The number of anilines is 2. The maximum absolute atomic E-state index is 13.3. The number of allylic oxidation sites excluding steroid dienone is 4. The van der Waals surface area contributed by atoms with Crippen LogP contribution in [0.4, 0.5) is 11.4 Å². The molecule has 2 aliphatic carbocycles. The summed E-state index contributed by atoms with van der Waals surface area (Å²) in [6.07, 6.45) is 5.19. The molecule has 10 nitrogen and oxygen atoms in total. The third kappa shape index (κ3) is 5.13. The second-order valence-electron chi connectivity index (χ2n) is 12.3. The van der Waals surface area contributed by atoms with Gasteiger partial charge in [0.2, 0.25) is 23.6 Å². The molecule has 0 bridgehead atoms. The van der Waals surface area contributed by atoms with E-state index in [4.69, 9.17) is 23.2 Å². The first-order valence-electron chi connectivity index (χ1n) is 15.4. The SMILES string of the molecule is O=C(c1ccc(N2C(=O)[C@H]3CC=C(Cl)C[C@@H]3C2=O)cc1)N1CCN(C(=O)c2ccc(N3C(=O)[C@H]4CC(Cl)=CC[C@H]4C3=O)cc2)CC1. The average molecular weight is 662 g/mol. The molecule has 0 radical (unpaired) electrons. The summed E-state index contributed by atoms with van der Waals surface area (Å²) in [4.78, 5) is 84.2. The van der Waals surface area contributed by atoms with Gasteiger partial charge in [-0.3, -0.25) is 38.6 Å². The van der Waals surface area contributed by atoms with Crippen LogP contribution in [0.3, 0.4) is 0 Å². The topological polar surface area (TPSA) is 115 Å². The molecule has 7 rings (SSSR count). The van der Waals surface area contributed by atoms with Gasteiger partial charge in [0.25, 0.3) is 11.8 Å². The van der Waals surface area contributed by atoms with E-state index in [1.54, 1.807) is 70.5 Å². The van der Waals surface area contributed by atoms with E-state index in [0.29, 0.717) is 84.4 Å². The minimum absolute atomic E-state index is 0.205.